The molecule has 0 spiro atoms. The van der Waals surface area contributed by atoms with Crippen LogP contribution in [0, 0.1) is 0 Å². The smallest absolute Gasteiger partial charge is 0.244 e. The normalized spacial score (nSPS) is 11.1. The van der Waals surface area contributed by atoms with Crippen LogP contribution in [0.5, 0.6) is 17.2 Å². The standard InChI is InChI=1S/C25H31NO4/c1-5-6-7-16-26-25(27)15-14-23-20(17-22(29-3)18-24(23)30-4)11-8-19-9-12-21(28-2)13-10-19/h8-15,17-18H,5-7,16H2,1-4H3,(H,26,27)/b11-8+,15-14+. The zero-order chi connectivity index (χ0) is 21.8. The van der Waals surface area contributed by atoms with Gasteiger partial charge in [0.15, 0.2) is 0 Å². The summed E-state index contributed by atoms with van der Waals surface area (Å²) in [6, 6.07) is 11.5. The summed E-state index contributed by atoms with van der Waals surface area (Å²) in [5, 5.41) is 2.91. The molecule has 0 saturated heterocycles. The zero-order valence-corrected chi connectivity index (χ0v) is 18.2. The highest BCUT2D eigenvalue weighted by atomic mass is 16.5. The van der Waals surface area contributed by atoms with Crippen molar-refractivity contribution in [3.05, 3.63) is 59.2 Å². The lowest BCUT2D eigenvalue weighted by Gasteiger charge is -2.12. The highest BCUT2D eigenvalue weighted by molar-refractivity contribution is 5.93. The number of ether oxygens (including phenoxy) is 3. The summed E-state index contributed by atoms with van der Waals surface area (Å²) in [6.07, 6.45) is 10.5. The Morgan fingerprint density at radius 2 is 1.63 bits per heavy atom. The third-order valence-corrected chi connectivity index (χ3v) is 4.66. The molecule has 1 N–H and O–H groups in total. The first kappa shape index (κ1) is 23.1. The van der Waals surface area contributed by atoms with Crippen LogP contribution < -0.4 is 19.5 Å². The summed E-state index contributed by atoms with van der Waals surface area (Å²) in [4.78, 5) is 12.2. The van der Waals surface area contributed by atoms with E-state index in [0.29, 0.717) is 18.0 Å². The number of rotatable bonds is 11. The van der Waals surface area contributed by atoms with E-state index in [4.69, 9.17) is 14.2 Å². The SMILES string of the molecule is CCCCCNC(=O)/C=C/c1c(/C=C/c2ccc(OC)cc2)cc(OC)cc1OC. The van der Waals surface area contributed by atoms with Crippen molar-refractivity contribution in [2.45, 2.75) is 26.2 Å². The van der Waals surface area contributed by atoms with Gasteiger partial charge in [-0.2, -0.15) is 0 Å². The molecule has 5 nitrogen and oxygen atoms in total. The van der Waals surface area contributed by atoms with Crippen molar-refractivity contribution in [1.82, 2.24) is 5.32 Å². The first-order valence-corrected chi connectivity index (χ1v) is 10.1. The predicted molar refractivity (Wildman–Crippen MR) is 123 cm³/mol. The highest BCUT2D eigenvalue weighted by Crippen LogP contribution is 2.31. The van der Waals surface area contributed by atoms with E-state index < -0.39 is 0 Å². The van der Waals surface area contributed by atoms with Crippen molar-refractivity contribution in [3.63, 3.8) is 0 Å². The molecule has 1 amide bonds. The van der Waals surface area contributed by atoms with Crippen LogP contribution in [0.1, 0.15) is 42.9 Å². The van der Waals surface area contributed by atoms with Gasteiger partial charge in [-0.05, 0) is 41.8 Å². The maximum atomic E-state index is 12.2. The minimum absolute atomic E-state index is 0.117. The first-order chi connectivity index (χ1) is 14.6. The van der Waals surface area contributed by atoms with Crippen LogP contribution >= 0.6 is 0 Å². The number of carbonyl (C=O) groups excluding carboxylic acids is 1. The second-order valence-corrected chi connectivity index (χ2v) is 6.77. The molecular formula is C25H31NO4. The topological polar surface area (TPSA) is 56.8 Å². The van der Waals surface area contributed by atoms with E-state index in [9.17, 15) is 4.79 Å². The van der Waals surface area contributed by atoms with Gasteiger partial charge < -0.3 is 19.5 Å². The van der Waals surface area contributed by atoms with Crippen molar-refractivity contribution < 1.29 is 19.0 Å². The molecule has 2 aromatic carbocycles. The van der Waals surface area contributed by atoms with Gasteiger partial charge in [0.2, 0.25) is 5.91 Å². The molecule has 2 rings (SSSR count). The third-order valence-electron chi connectivity index (χ3n) is 4.66. The molecule has 0 fully saturated rings. The largest absolute Gasteiger partial charge is 0.497 e. The number of hydrogen-bond acceptors (Lipinski definition) is 4. The average Bonchev–Trinajstić information content (AvgIpc) is 2.79. The average molecular weight is 410 g/mol. The molecule has 0 unspecified atom stereocenters. The number of benzene rings is 2. The molecule has 0 atom stereocenters. The summed E-state index contributed by atoms with van der Waals surface area (Å²) in [5.74, 6) is 2.01. The lowest BCUT2D eigenvalue weighted by Crippen LogP contribution is -2.21. The number of carbonyl (C=O) groups is 1. The van der Waals surface area contributed by atoms with E-state index in [0.717, 1.165) is 41.7 Å². The van der Waals surface area contributed by atoms with Crippen LogP contribution in [0.15, 0.2) is 42.5 Å². The maximum absolute atomic E-state index is 12.2. The number of unbranched alkanes of at least 4 members (excludes halogenated alkanes) is 2. The van der Waals surface area contributed by atoms with Gasteiger partial charge in [-0.1, -0.05) is 44.1 Å². The van der Waals surface area contributed by atoms with E-state index in [2.05, 4.69) is 12.2 Å². The lowest BCUT2D eigenvalue weighted by atomic mass is 10.0. The van der Waals surface area contributed by atoms with E-state index in [1.807, 2.05) is 48.6 Å². The third kappa shape index (κ3) is 6.99. The van der Waals surface area contributed by atoms with E-state index >= 15 is 0 Å². The number of methoxy groups -OCH3 is 3. The highest BCUT2D eigenvalue weighted by Gasteiger charge is 2.09. The van der Waals surface area contributed by atoms with E-state index in [1.54, 1.807) is 33.5 Å². The van der Waals surface area contributed by atoms with Gasteiger partial charge in [0.05, 0.1) is 21.3 Å². The van der Waals surface area contributed by atoms with Crippen molar-refractivity contribution in [1.29, 1.82) is 0 Å². The number of amides is 1. The molecular weight excluding hydrogens is 378 g/mol. The minimum atomic E-state index is -0.117. The molecule has 160 valence electrons. The van der Waals surface area contributed by atoms with Crippen molar-refractivity contribution in [2.24, 2.45) is 0 Å². The molecule has 0 aromatic heterocycles. The summed E-state index contributed by atoms with van der Waals surface area (Å²) < 4.78 is 16.1. The Bertz CT molecular complexity index is 869. The second kappa shape index (κ2) is 12.4. The number of hydrogen-bond donors (Lipinski definition) is 1. The fourth-order valence-corrected chi connectivity index (χ4v) is 2.93. The fraction of sp³-hybridized carbons (Fsp3) is 0.320. The maximum Gasteiger partial charge on any atom is 0.244 e. The van der Waals surface area contributed by atoms with Crippen LogP contribution in [-0.2, 0) is 4.79 Å². The predicted octanol–water partition coefficient (Wildman–Crippen LogP) is 5.20. The van der Waals surface area contributed by atoms with Gasteiger partial charge in [0, 0.05) is 24.3 Å². The van der Waals surface area contributed by atoms with Crippen LogP contribution in [-0.4, -0.2) is 33.8 Å². The van der Waals surface area contributed by atoms with Gasteiger partial charge in [-0.15, -0.1) is 0 Å². The van der Waals surface area contributed by atoms with Crippen LogP contribution in [0.25, 0.3) is 18.2 Å². The quantitative estimate of drug-likeness (QED) is 0.315. The second-order valence-electron chi connectivity index (χ2n) is 6.77. The van der Waals surface area contributed by atoms with Crippen LogP contribution in [0.4, 0.5) is 0 Å². The Morgan fingerprint density at radius 1 is 0.900 bits per heavy atom. The molecule has 0 aliphatic rings. The fourth-order valence-electron chi connectivity index (χ4n) is 2.93. The molecule has 0 heterocycles. The van der Waals surface area contributed by atoms with E-state index in [1.165, 1.54) is 0 Å². The van der Waals surface area contributed by atoms with Crippen molar-refractivity contribution in [3.8, 4) is 17.2 Å². The lowest BCUT2D eigenvalue weighted by molar-refractivity contribution is -0.116. The van der Waals surface area contributed by atoms with Gasteiger partial charge in [0.1, 0.15) is 17.2 Å². The van der Waals surface area contributed by atoms with Gasteiger partial charge in [-0.3, -0.25) is 4.79 Å². The summed E-state index contributed by atoms with van der Waals surface area (Å²) in [5.41, 5.74) is 2.73. The van der Waals surface area contributed by atoms with Crippen LogP contribution in [0.3, 0.4) is 0 Å². The summed E-state index contributed by atoms with van der Waals surface area (Å²) in [6.45, 7) is 2.82. The molecule has 0 aliphatic carbocycles. The molecule has 30 heavy (non-hydrogen) atoms. The Kier molecular flexibility index (Phi) is 9.52. The molecule has 2 aromatic rings. The molecule has 0 saturated carbocycles. The Hall–Kier alpha value is -3.21. The molecule has 0 radical (unpaired) electrons. The summed E-state index contributed by atoms with van der Waals surface area (Å²) in [7, 11) is 4.87. The van der Waals surface area contributed by atoms with E-state index in [-0.39, 0.29) is 5.91 Å². The summed E-state index contributed by atoms with van der Waals surface area (Å²) >= 11 is 0. The Morgan fingerprint density at radius 3 is 2.27 bits per heavy atom. The number of nitrogens with one attached hydrogen (secondary N) is 1. The Balaban J connectivity index is 2.27. The monoisotopic (exact) mass is 409 g/mol. The molecule has 0 bridgehead atoms. The van der Waals surface area contributed by atoms with Crippen LogP contribution in [0.2, 0.25) is 0 Å². The minimum Gasteiger partial charge on any atom is -0.497 e. The van der Waals surface area contributed by atoms with Gasteiger partial charge >= 0.3 is 0 Å². The zero-order valence-electron chi connectivity index (χ0n) is 18.2. The van der Waals surface area contributed by atoms with Gasteiger partial charge in [0.25, 0.3) is 0 Å². The van der Waals surface area contributed by atoms with Gasteiger partial charge in [-0.25, -0.2) is 0 Å². The van der Waals surface area contributed by atoms with Crippen molar-refractivity contribution >= 4 is 24.1 Å². The first-order valence-electron chi connectivity index (χ1n) is 10.1. The molecule has 5 heteroatoms. The molecule has 0 aliphatic heterocycles. The Labute approximate surface area is 179 Å². The van der Waals surface area contributed by atoms with Crippen molar-refractivity contribution in [2.75, 3.05) is 27.9 Å².